The molecule has 0 aliphatic rings. The van der Waals surface area contributed by atoms with Crippen LogP contribution in [-0.2, 0) is 26.2 Å². The highest BCUT2D eigenvalue weighted by atomic mass is 35.5. The minimum absolute atomic E-state index is 0.0410. The molecule has 10 heteroatoms. The van der Waals surface area contributed by atoms with E-state index < -0.39 is 34.3 Å². The molecule has 214 valence electrons. The Morgan fingerprint density at radius 2 is 1.57 bits per heavy atom. The zero-order valence-corrected chi connectivity index (χ0v) is 24.7. The van der Waals surface area contributed by atoms with Gasteiger partial charge in [-0.05, 0) is 62.6 Å². The molecule has 0 aliphatic heterocycles. The van der Waals surface area contributed by atoms with E-state index in [-0.39, 0.29) is 35.5 Å². The number of para-hydroxylation sites is 1. The first-order chi connectivity index (χ1) is 19.0. The van der Waals surface area contributed by atoms with Gasteiger partial charge in [-0.3, -0.25) is 13.9 Å². The molecule has 0 saturated heterocycles. The zero-order chi connectivity index (χ0) is 29.4. The van der Waals surface area contributed by atoms with Crippen LogP contribution in [0, 0.1) is 12.7 Å². The van der Waals surface area contributed by atoms with Gasteiger partial charge in [-0.2, -0.15) is 0 Å². The van der Waals surface area contributed by atoms with Crippen molar-refractivity contribution >= 4 is 39.1 Å². The van der Waals surface area contributed by atoms with Crippen LogP contribution in [0.3, 0.4) is 0 Å². The van der Waals surface area contributed by atoms with Gasteiger partial charge >= 0.3 is 0 Å². The SMILES string of the molecule is CC[C@@H](C)NC(=O)[C@@H](CC)N(Cc1ccccc1Cl)C(=O)CN(c1ccccc1F)S(=O)(=O)c1ccc(C)cc1. The van der Waals surface area contributed by atoms with Crippen LogP contribution in [0.2, 0.25) is 5.02 Å². The van der Waals surface area contributed by atoms with Gasteiger partial charge in [-0.15, -0.1) is 0 Å². The van der Waals surface area contributed by atoms with E-state index in [1.54, 1.807) is 43.3 Å². The second-order valence-electron chi connectivity index (χ2n) is 9.63. The third-order valence-electron chi connectivity index (χ3n) is 6.69. The fourth-order valence-corrected chi connectivity index (χ4v) is 5.79. The number of nitrogens with zero attached hydrogens (tertiary/aromatic N) is 2. The van der Waals surface area contributed by atoms with E-state index in [0.29, 0.717) is 17.0 Å². The highest BCUT2D eigenvalue weighted by molar-refractivity contribution is 7.92. The summed E-state index contributed by atoms with van der Waals surface area (Å²) in [5.41, 5.74) is 1.16. The summed E-state index contributed by atoms with van der Waals surface area (Å²) in [6, 6.07) is 17.3. The van der Waals surface area contributed by atoms with Crippen molar-refractivity contribution < 1.29 is 22.4 Å². The average Bonchev–Trinajstić information content (AvgIpc) is 2.93. The quantitative estimate of drug-likeness (QED) is 0.294. The van der Waals surface area contributed by atoms with E-state index >= 15 is 4.39 Å². The fourth-order valence-electron chi connectivity index (χ4n) is 4.18. The Labute approximate surface area is 241 Å². The number of aryl methyl sites for hydroxylation is 1. The maximum atomic E-state index is 15.0. The molecule has 40 heavy (non-hydrogen) atoms. The topological polar surface area (TPSA) is 86.8 Å². The number of sulfonamides is 1. The van der Waals surface area contributed by atoms with Crippen LogP contribution in [0.4, 0.5) is 10.1 Å². The van der Waals surface area contributed by atoms with Gasteiger partial charge in [-0.25, -0.2) is 12.8 Å². The Hall–Kier alpha value is -3.43. The van der Waals surface area contributed by atoms with E-state index in [2.05, 4.69) is 5.32 Å². The number of amides is 2. The fraction of sp³-hybridized carbons (Fsp3) is 0.333. The third-order valence-corrected chi connectivity index (χ3v) is 8.84. The molecule has 0 heterocycles. The molecule has 2 atom stereocenters. The molecular weight excluding hydrogens is 553 g/mol. The van der Waals surface area contributed by atoms with Crippen molar-refractivity contribution in [3.8, 4) is 0 Å². The number of hydrogen-bond donors (Lipinski definition) is 1. The van der Waals surface area contributed by atoms with Crippen LogP contribution in [-0.4, -0.2) is 43.8 Å². The molecule has 0 radical (unpaired) electrons. The Morgan fingerprint density at radius 1 is 0.950 bits per heavy atom. The summed E-state index contributed by atoms with van der Waals surface area (Å²) in [6.07, 6.45) is 0.958. The number of halogens is 2. The number of anilines is 1. The predicted octanol–water partition coefficient (Wildman–Crippen LogP) is 5.70. The van der Waals surface area contributed by atoms with E-state index in [1.165, 1.54) is 35.2 Å². The molecule has 0 aromatic heterocycles. The number of rotatable bonds is 12. The first kappa shape index (κ1) is 31.1. The van der Waals surface area contributed by atoms with Crippen molar-refractivity contribution in [2.24, 2.45) is 0 Å². The predicted molar refractivity (Wildman–Crippen MR) is 156 cm³/mol. The van der Waals surface area contributed by atoms with Crippen LogP contribution >= 0.6 is 11.6 Å². The molecule has 0 spiro atoms. The Kier molecular flexibility index (Phi) is 10.7. The average molecular weight is 588 g/mol. The van der Waals surface area contributed by atoms with Crippen molar-refractivity contribution in [1.82, 2.24) is 10.2 Å². The second-order valence-corrected chi connectivity index (χ2v) is 11.9. The summed E-state index contributed by atoms with van der Waals surface area (Å²) in [6.45, 7) is 6.61. The molecule has 3 aromatic rings. The number of carbonyl (C=O) groups is 2. The third kappa shape index (κ3) is 7.40. The van der Waals surface area contributed by atoms with E-state index in [9.17, 15) is 18.0 Å². The molecule has 2 amide bonds. The van der Waals surface area contributed by atoms with Gasteiger partial charge < -0.3 is 10.2 Å². The van der Waals surface area contributed by atoms with Crippen molar-refractivity contribution in [1.29, 1.82) is 0 Å². The monoisotopic (exact) mass is 587 g/mol. The van der Waals surface area contributed by atoms with Gasteiger partial charge in [-0.1, -0.05) is 73.5 Å². The van der Waals surface area contributed by atoms with Crippen molar-refractivity contribution in [3.63, 3.8) is 0 Å². The molecule has 0 fully saturated rings. The summed E-state index contributed by atoms with van der Waals surface area (Å²) in [5.74, 6) is -1.84. The molecule has 7 nitrogen and oxygen atoms in total. The van der Waals surface area contributed by atoms with Crippen molar-refractivity contribution in [2.45, 2.75) is 64.1 Å². The molecule has 3 aromatic carbocycles. The van der Waals surface area contributed by atoms with Crippen LogP contribution in [0.1, 0.15) is 44.7 Å². The standard InChI is InChI=1S/C30H35ClFN3O4S/c1-5-22(4)33-30(37)27(6-2)34(19-23-11-7-8-12-25(23)31)29(36)20-35(28-14-10-9-13-26(28)32)40(38,39)24-17-15-21(3)16-18-24/h7-18,22,27H,5-6,19-20H2,1-4H3,(H,33,37)/t22-,27-/m1/s1. The van der Waals surface area contributed by atoms with Crippen LogP contribution < -0.4 is 9.62 Å². The molecule has 3 rings (SSSR count). The maximum Gasteiger partial charge on any atom is 0.264 e. The summed E-state index contributed by atoms with van der Waals surface area (Å²) >= 11 is 6.40. The molecule has 0 saturated carbocycles. The number of carbonyl (C=O) groups excluding carboxylic acids is 2. The molecule has 0 bridgehead atoms. The lowest BCUT2D eigenvalue weighted by molar-refractivity contribution is -0.140. The minimum Gasteiger partial charge on any atom is -0.352 e. The second kappa shape index (κ2) is 13.8. The number of benzene rings is 3. The minimum atomic E-state index is -4.36. The summed E-state index contributed by atoms with van der Waals surface area (Å²) in [4.78, 5) is 28.5. The molecule has 0 aliphatic carbocycles. The summed E-state index contributed by atoms with van der Waals surface area (Å²) in [5, 5.41) is 3.31. The van der Waals surface area contributed by atoms with Crippen molar-refractivity contribution in [3.05, 3.63) is 94.8 Å². The van der Waals surface area contributed by atoms with Crippen molar-refractivity contribution in [2.75, 3.05) is 10.8 Å². The zero-order valence-electron chi connectivity index (χ0n) is 23.1. The van der Waals surface area contributed by atoms with E-state index in [1.807, 2.05) is 20.8 Å². The Morgan fingerprint density at radius 3 is 2.17 bits per heavy atom. The smallest absolute Gasteiger partial charge is 0.264 e. The van der Waals surface area contributed by atoms with Gasteiger partial charge in [0.2, 0.25) is 11.8 Å². The van der Waals surface area contributed by atoms with E-state index in [0.717, 1.165) is 15.9 Å². The maximum absolute atomic E-state index is 15.0. The first-order valence-electron chi connectivity index (χ1n) is 13.2. The number of nitrogens with one attached hydrogen (secondary N) is 1. The Bertz CT molecular complexity index is 1430. The first-order valence-corrected chi connectivity index (χ1v) is 15.0. The van der Waals surface area contributed by atoms with Crippen LogP contribution in [0.15, 0.2) is 77.7 Å². The van der Waals surface area contributed by atoms with Crippen LogP contribution in [0.25, 0.3) is 0 Å². The lowest BCUT2D eigenvalue weighted by Crippen LogP contribution is -2.53. The van der Waals surface area contributed by atoms with Gasteiger partial charge in [0.25, 0.3) is 10.0 Å². The summed E-state index contributed by atoms with van der Waals surface area (Å²) < 4.78 is 43.4. The normalized spacial score (nSPS) is 12.8. The van der Waals surface area contributed by atoms with Gasteiger partial charge in [0.05, 0.1) is 10.6 Å². The Balaban J connectivity index is 2.08. The van der Waals surface area contributed by atoms with Gasteiger partial charge in [0, 0.05) is 17.6 Å². The largest absolute Gasteiger partial charge is 0.352 e. The lowest BCUT2D eigenvalue weighted by Gasteiger charge is -2.34. The molecule has 0 unspecified atom stereocenters. The van der Waals surface area contributed by atoms with Gasteiger partial charge in [0.1, 0.15) is 18.4 Å². The summed E-state index contributed by atoms with van der Waals surface area (Å²) in [7, 11) is -4.36. The van der Waals surface area contributed by atoms with Crippen LogP contribution in [0.5, 0.6) is 0 Å². The lowest BCUT2D eigenvalue weighted by atomic mass is 10.1. The highest BCUT2D eigenvalue weighted by Gasteiger charge is 2.35. The number of hydrogen-bond acceptors (Lipinski definition) is 4. The molecular formula is C30H35ClFN3O4S. The van der Waals surface area contributed by atoms with E-state index in [4.69, 9.17) is 11.6 Å². The van der Waals surface area contributed by atoms with Gasteiger partial charge in [0.15, 0.2) is 0 Å². The highest BCUT2D eigenvalue weighted by Crippen LogP contribution is 2.28. The molecule has 1 N–H and O–H groups in total.